The monoisotopic (exact) mass is 429 g/mol. The van der Waals surface area contributed by atoms with E-state index < -0.39 is 54.5 Å². The van der Waals surface area contributed by atoms with E-state index in [2.05, 4.69) is 15.6 Å². The van der Waals surface area contributed by atoms with Crippen molar-refractivity contribution >= 4 is 29.7 Å². The van der Waals surface area contributed by atoms with Crippen LogP contribution in [0, 0.1) is 0 Å². The van der Waals surface area contributed by atoms with Gasteiger partial charge in [0.25, 0.3) is 0 Å². The average molecular weight is 429 g/mol. The Labute approximate surface area is 174 Å². The number of carbonyl (C=O) groups excluding carboxylic acids is 3. The van der Waals surface area contributed by atoms with Crippen LogP contribution in [0.15, 0.2) is 4.99 Å². The minimum absolute atomic E-state index is 0.111. The summed E-state index contributed by atoms with van der Waals surface area (Å²) in [6.45, 7) is 1.35. The van der Waals surface area contributed by atoms with E-state index in [1.54, 1.807) is 0 Å². The Kier molecular flexibility index (Phi) is 9.98. The van der Waals surface area contributed by atoms with Crippen LogP contribution in [0.5, 0.6) is 0 Å². The summed E-state index contributed by atoms with van der Waals surface area (Å²) in [6, 6.07) is -4.18. The van der Waals surface area contributed by atoms with Gasteiger partial charge in [-0.3, -0.25) is 19.4 Å². The zero-order valence-corrected chi connectivity index (χ0v) is 16.9. The maximum absolute atomic E-state index is 12.7. The number of rotatable bonds is 11. The molecule has 1 rings (SSSR count). The van der Waals surface area contributed by atoms with E-state index in [0.717, 1.165) is 0 Å². The van der Waals surface area contributed by atoms with Crippen LogP contribution in [0.2, 0.25) is 0 Å². The van der Waals surface area contributed by atoms with Crippen molar-refractivity contribution in [1.29, 1.82) is 0 Å². The van der Waals surface area contributed by atoms with Crippen molar-refractivity contribution in [3.8, 4) is 0 Å². The van der Waals surface area contributed by atoms with Gasteiger partial charge in [-0.05, 0) is 32.6 Å². The molecule has 170 valence electrons. The molecule has 13 heteroatoms. The van der Waals surface area contributed by atoms with Crippen LogP contribution in [0.3, 0.4) is 0 Å². The Hall–Kier alpha value is -2.93. The molecule has 1 heterocycles. The Morgan fingerprint density at radius 3 is 2.43 bits per heavy atom. The third kappa shape index (κ3) is 7.48. The molecule has 13 nitrogen and oxygen atoms in total. The number of aliphatic hydroxyl groups excluding tert-OH is 1. The maximum Gasteiger partial charge on any atom is 0.326 e. The smallest absolute Gasteiger partial charge is 0.326 e. The number of amides is 3. The Morgan fingerprint density at radius 2 is 1.87 bits per heavy atom. The van der Waals surface area contributed by atoms with Crippen LogP contribution in [-0.2, 0) is 19.2 Å². The Morgan fingerprint density at radius 1 is 1.20 bits per heavy atom. The van der Waals surface area contributed by atoms with E-state index in [4.69, 9.17) is 22.3 Å². The van der Waals surface area contributed by atoms with E-state index >= 15 is 0 Å². The number of carbonyl (C=O) groups is 4. The molecule has 10 N–H and O–H groups in total. The second-order valence-electron chi connectivity index (χ2n) is 7.06. The molecule has 0 aromatic heterocycles. The highest BCUT2D eigenvalue weighted by molar-refractivity contribution is 5.94. The fourth-order valence-corrected chi connectivity index (χ4v) is 3.05. The normalized spacial score (nSPS) is 18.8. The minimum Gasteiger partial charge on any atom is -0.480 e. The van der Waals surface area contributed by atoms with Gasteiger partial charge in [0, 0.05) is 13.1 Å². The van der Waals surface area contributed by atoms with Gasteiger partial charge < -0.3 is 42.9 Å². The number of carboxylic acid groups (broad SMARTS) is 1. The van der Waals surface area contributed by atoms with Crippen molar-refractivity contribution in [2.45, 2.75) is 56.8 Å². The molecular weight excluding hydrogens is 398 g/mol. The molecule has 0 saturated carbocycles. The molecule has 0 aliphatic carbocycles. The zero-order valence-electron chi connectivity index (χ0n) is 16.9. The fraction of sp³-hybridized carbons (Fsp3) is 0.706. The number of nitrogens with one attached hydrogen (secondary N) is 2. The van der Waals surface area contributed by atoms with Gasteiger partial charge in [-0.15, -0.1) is 0 Å². The predicted molar refractivity (Wildman–Crippen MR) is 107 cm³/mol. The third-order valence-electron chi connectivity index (χ3n) is 4.66. The first-order valence-corrected chi connectivity index (χ1v) is 9.64. The van der Waals surface area contributed by atoms with E-state index in [1.807, 2.05) is 0 Å². The predicted octanol–water partition coefficient (Wildman–Crippen LogP) is -3.58. The number of nitrogens with two attached hydrogens (primary N) is 3. The quantitative estimate of drug-likeness (QED) is 0.0977. The van der Waals surface area contributed by atoms with Crippen LogP contribution < -0.4 is 27.8 Å². The van der Waals surface area contributed by atoms with Gasteiger partial charge in [0.05, 0.1) is 6.61 Å². The lowest BCUT2D eigenvalue weighted by atomic mass is 10.1. The highest BCUT2D eigenvalue weighted by atomic mass is 16.4. The van der Waals surface area contributed by atoms with Gasteiger partial charge in [0.15, 0.2) is 5.96 Å². The second-order valence-corrected chi connectivity index (χ2v) is 7.06. The fourth-order valence-electron chi connectivity index (χ4n) is 3.05. The van der Waals surface area contributed by atoms with Crippen molar-refractivity contribution in [2.24, 2.45) is 22.2 Å². The molecule has 1 aliphatic rings. The van der Waals surface area contributed by atoms with Crippen molar-refractivity contribution in [1.82, 2.24) is 15.5 Å². The van der Waals surface area contributed by atoms with E-state index in [0.29, 0.717) is 25.8 Å². The molecule has 1 fully saturated rings. The molecule has 4 unspecified atom stereocenters. The van der Waals surface area contributed by atoms with E-state index in [1.165, 1.54) is 11.8 Å². The molecular formula is C17H31N7O6. The highest BCUT2D eigenvalue weighted by Gasteiger charge is 2.36. The molecule has 0 aromatic carbocycles. The van der Waals surface area contributed by atoms with Crippen LogP contribution in [0.25, 0.3) is 0 Å². The summed E-state index contributed by atoms with van der Waals surface area (Å²) in [5, 5.41) is 23.2. The molecule has 1 saturated heterocycles. The van der Waals surface area contributed by atoms with E-state index in [-0.39, 0.29) is 18.9 Å². The lowest BCUT2D eigenvalue weighted by Gasteiger charge is -2.27. The summed E-state index contributed by atoms with van der Waals surface area (Å²) < 4.78 is 0. The molecule has 4 atom stereocenters. The van der Waals surface area contributed by atoms with Gasteiger partial charge in [-0.1, -0.05) is 0 Å². The second kappa shape index (κ2) is 11.9. The van der Waals surface area contributed by atoms with Crippen molar-refractivity contribution in [3.05, 3.63) is 0 Å². The molecule has 3 amide bonds. The van der Waals surface area contributed by atoms with E-state index in [9.17, 15) is 24.3 Å². The minimum atomic E-state index is -1.21. The molecule has 0 aromatic rings. The third-order valence-corrected chi connectivity index (χ3v) is 4.66. The van der Waals surface area contributed by atoms with Crippen molar-refractivity contribution < 1.29 is 29.4 Å². The number of aliphatic hydroxyl groups is 1. The number of nitrogens with zero attached hydrogens (tertiary/aromatic N) is 2. The standard InChI is InChI=1S/C17H31N7O6/c1-9(15(28)24-7-3-5-12(24)16(29)30)22-14(27)11(4-2-6-21-17(19)20)23-13(26)10(18)8-25/h9-12,25H,2-8,18H2,1H3,(H,22,27)(H,23,26)(H,29,30)(H4,19,20,21). The number of hydrogen-bond donors (Lipinski definition) is 7. The van der Waals surface area contributed by atoms with Crippen LogP contribution in [0.4, 0.5) is 0 Å². The summed E-state index contributed by atoms with van der Waals surface area (Å²) in [5.41, 5.74) is 16.0. The van der Waals surface area contributed by atoms with Crippen LogP contribution >= 0.6 is 0 Å². The molecule has 0 spiro atoms. The summed E-state index contributed by atoms with van der Waals surface area (Å²) >= 11 is 0. The molecule has 30 heavy (non-hydrogen) atoms. The van der Waals surface area contributed by atoms with Gasteiger partial charge in [0.1, 0.15) is 24.2 Å². The lowest BCUT2D eigenvalue weighted by Crippen LogP contribution is -2.56. The SMILES string of the molecule is CC(NC(=O)C(CCCN=C(N)N)NC(=O)C(N)CO)C(=O)N1CCCC1C(=O)O. The van der Waals surface area contributed by atoms with Crippen LogP contribution in [0.1, 0.15) is 32.6 Å². The molecule has 0 radical (unpaired) electrons. The van der Waals surface area contributed by atoms with Crippen LogP contribution in [-0.4, -0.2) is 88.6 Å². The number of hydrogen-bond acceptors (Lipinski definition) is 7. The first-order valence-electron chi connectivity index (χ1n) is 9.64. The first kappa shape index (κ1) is 25.1. The van der Waals surface area contributed by atoms with Gasteiger partial charge in [-0.2, -0.15) is 0 Å². The molecule has 0 bridgehead atoms. The van der Waals surface area contributed by atoms with Gasteiger partial charge in [0.2, 0.25) is 17.7 Å². The first-order chi connectivity index (χ1) is 14.1. The van der Waals surface area contributed by atoms with Gasteiger partial charge >= 0.3 is 5.97 Å². The van der Waals surface area contributed by atoms with Gasteiger partial charge in [-0.25, -0.2) is 4.79 Å². The lowest BCUT2D eigenvalue weighted by molar-refractivity contribution is -0.149. The zero-order chi connectivity index (χ0) is 22.8. The van der Waals surface area contributed by atoms with Crippen molar-refractivity contribution in [3.63, 3.8) is 0 Å². The Bertz CT molecular complexity index is 667. The largest absolute Gasteiger partial charge is 0.480 e. The average Bonchev–Trinajstić information content (AvgIpc) is 3.18. The number of aliphatic carboxylic acids is 1. The summed E-state index contributed by atoms with van der Waals surface area (Å²) in [4.78, 5) is 53.6. The highest BCUT2D eigenvalue weighted by Crippen LogP contribution is 2.18. The summed E-state index contributed by atoms with van der Waals surface area (Å²) in [6.07, 6.45) is 1.41. The topological polar surface area (TPSA) is 226 Å². The van der Waals surface area contributed by atoms with Crippen molar-refractivity contribution in [2.75, 3.05) is 19.7 Å². The number of likely N-dealkylation sites (tertiary alicyclic amines) is 1. The number of carboxylic acids is 1. The number of aliphatic imine (C=N–C) groups is 1. The molecule has 1 aliphatic heterocycles. The number of guanidine groups is 1. The summed E-state index contributed by atoms with van der Waals surface area (Å²) in [7, 11) is 0. The summed E-state index contributed by atoms with van der Waals surface area (Å²) in [5.74, 6) is -3.11. The Balaban J connectivity index is 2.78. The maximum atomic E-state index is 12.7.